The summed E-state index contributed by atoms with van der Waals surface area (Å²) in [5.74, 6) is 12.3. The maximum absolute atomic E-state index is 11.3. The third-order valence-corrected chi connectivity index (χ3v) is 3.23. The Morgan fingerprint density at radius 2 is 1.15 bits per heavy atom. The topological polar surface area (TPSA) is 52.1 Å². The van der Waals surface area contributed by atoms with Crippen LogP contribution in [0, 0.1) is 23.7 Å². The number of esters is 1. The molecule has 124 valence electrons. The molecule has 4 nitrogen and oxygen atoms in total. The molecule has 3 rings (SSSR count). The second-order valence-electron chi connectivity index (χ2n) is 5.31. The van der Waals surface area contributed by atoms with Gasteiger partial charge in [-0.15, -0.1) is 0 Å². The highest BCUT2D eigenvalue weighted by molar-refractivity contribution is 5.70. The van der Waals surface area contributed by atoms with Gasteiger partial charge < -0.3 is 4.74 Å². The number of pyridine rings is 2. The van der Waals surface area contributed by atoms with Gasteiger partial charge in [-0.2, -0.15) is 0 Å². The van der Waals surface area contributed by atoms with Crippen LogP contribution in [0.2, 0.25) is 0 Å². The molecular formula is C22H14N2O2. The van der Waals surface area contributed by atoms with Crippen LogP contribution in [0.15, 0.2) is 67.3 Å². The summed E-state index contributed by atoms with van der Waals surface area (Å²) < 4.78 is 5.21. The van der Waals surface area contributed by atoms with E-state index in [1.807, 2.05) is 30.3 Å². The van der Waals surface area contributed by atoms with E-state index in [1.165, 1.54) is 6.92 Å². The molecule has 0 fully saturated rings. The molecule has 4 heteroatoms. The minimum absolute atomic E-state index is 0.391. The van der Waals surface area contributed by atoms with Crippen molar-refractivity contribution < 1.29 is 9.53 Å². The van der Waals surface area contributed by atoms with Crippen LogP contribution in [0.1, 0.15) is 29.2 Å². The normalized spacial score (nSPS) is 9.27. The minimum Gasteiger partial charge on any atom is -0.427 e. The Balaban J connectivity index is 1.95. The van der Waals surface area contributed by atoms with Crippen molar-refractivity contribution in [1.29, 1.82) is 0 Å². The molecular weight excluding hydrogens is 324 g/mol. The van der Waals surface area contributed by atoms with Crippen LogP contribution in [0.3, 0.4) is 0 Å². The van der Waals surface area contributed by atoms with Gasteiger partial charge in [-0.05, 0) is 42.5 Å². The van der Waals surface area contributed by atoms with Crippen LogP contribution in [0.25, 0.3) is 0 Å². The van der Waals surface area contributed by atoms with Gasteiger partial charge in [0.25, 0.3) is 0 Å². The molecule has 0 aliphatic carbocycles. The monoisotopic (exact) mass is 338 g/mol. The van der Waals surface area contributed by atoms with Gasteiger partial charge in [-0.3, -0.25) is 14.8 Å². The molecule has 0 unspecified atom stereocenters. The van der Waals surface area contributed by atoms with Crippen LogP contribution in [0.5, 0.6) is 5.75 Å². The van der Waals surface area contributed by atoms with Gasteiger partial charge in [0.05, 0.1) is 0 Å². The molecule has 26 heavy (non-hydrogen) atoms. The highest BCUT2D eigenvalue weighted by Gasteiger charge is 2.02. The first-order valence-electron chi connectivity index (χ1n) is 7.87. The highest BCUT2D eigenvalue weighted by atomic mass is 16.5. The predicted molar refractivity (Wildman–Crippen MR) is 98.2 cm³/mol. The third kappa shape index (κ3) is 5.06. The smallest absolute Gasteiger partial charge is 0.308 e. The lowest BCUT2D eigenvalue weighted by atomic mass is 10.1. The first kappa shape index (κ1) is 17.0. The van der Waals surface area contributed by atoms with Gasteiger partial charge >= 0.3 is 5.97 Å². The zero-order valence-corrected chi connectivity index (χ0v) is 14.1. The predicted octanol–water partition coefficient (Wildman–Crippen LogP) is 3.20. The lowest BCUT2D eigenvalue weighted by Crippen LogP contribution is -2.01. The van der Waals surface area contributed by atoms with Crippen molar-refractivity contribution in [3.05, 3.63) is 89.5 Å². The van der Waals surface area contributed by atoms with Crippen molar-refractivity contribution in [1.82, 2.24) is 9.97 Å². The van der Waals surface area contributed by atoms with E-state index >= 15 is 0 Å². The van der Waals surface area contributed by atoms with Gasteiger partial charge in [-0.1, -0.05) is 23.7 Å². The fourth-order valence-corrected chi connectivity index (χ4v) is 2.13. The molecule has 0 spiro atoms. The summed E-state index contributed by atoms with van der Waals surface area (Å²) in [7, 11) is 0. The van der Waals surface area contributed by atoms with Gasteiger partial charge in [0, 0.05) is 54.0 Å². The van der Waals surface area contributed by atoms with Crippen LogP contribution in [-0.2, 0) is 4.79 Å². The van der Waals surface area contributed by atoms with E-state index in [0.717, 1.165) is 11.1 Å². The SMILES string of the molecule is CC(=O)Oc1cc(C#Cc2ccncc2)cc(C#Cc2ccncc2)c1. The Bertz CT molecular complexity index is 962. The number of nitrogens with zero attached hydrogens (tertiary/aromatic N) is 2. The molecule has 0 saturated heterocycles. The summed E-state index contributed by atoms with van der Waals surface area (Å²) in [5, 5.41) is 0. The Hall–Kier alpha value is -3.89. The van der Waals surface area contributed by atoms with Gasteiger partial charge in [-0.25, -0.2) is 0 Å². The van der Waals surface area contributed by atoms with Gasteiger partial charge in [0.2, 0.25) is 0 Å². The summed E-state index contributed by atoms with van der Waals surface area (Å²) in [6.45, 7) is 1.36. The number of carbonyl (C=O) groups is 1. The summed E-state index contributed by atoms with van der Waals surface area (Å²) in [6, 6.07) is 12.6. The van der Waals surface area contributed by atoms with E-state index in [9.17, 15) is 4.79 Å². The Labute approximate surface area is 151 Å². The van der Waals surface area contributed by atoms with E-state index in [4.69, 9.17) is 4.74 Å². The molecule has 0 aliphatic heterocycles. The number of rotatable bonds is 1. The summed E-state index contributed by atoms with van der Waals surface area (Å²) in [4.78, 5) is 19.2. The van der Waals surface area contributed by atoms with Crippen molar-refractivity contribution >= 4 is 5.97 Å². The van der Waals surface area contributed by atoms with Crippen molar-refractivity contribution in [3.63, 3.8) is 0 Å². The van der Waals surface area contributed by atoms with Crippen LogP contribution >= 0.6 is 0 Å². The standard InChI is InChI=1S/C22H14N2O2/c1-17(25)26-22-15-20(4-2-18-6-10-23-11-7-18)14-21(16-22)5-3-19-8-12-24-13-9-19/h6-16H,1H3. The summed E-state index contributed by atoms with van der Waals surface area (Å²) in [5.41, 5.74) is 3.11. The minimum atomic E-state index is -0.391. The lowest BCUT2D eigenvalue weighted by Gasteiger charge is -2.03. The van der Waals surface area contributed by atoms with E-state index in [1.54, 1.807) is 36.9 Å². The number of carbonyl (C=O) groups excluding carboxylic acids is 1. The Morgan fingerprint density at radius 1 is 0.731 bits per heavy atom. The zero-order chi connectivity index (χ0) is 18.2. The first-order chi connectivity index (χ1) is 12.7. The van der Waals surface area contributed by atoms with E-state index in [2.05, 4.69) is 33.6 Å². The average molecular weight is 338 g/mol. The molecule has 0 amide bonds. The molecule has 0 bridgehead atoms. The zero-order valence-electron chi connectivity index (χ0n) is 14.1. The number of aromatic nitrogens is 2. The molecule has 0 radical (unpaired) electrons. The van der Waals surface area contributed by atoms with E-state index < -0.39 is 5.97 Å². The molecule has 0 atom stereocenters. The fourth-order valence-electron chi connectivity index (χ4n) is 2.13. The first-order valence-corrected chi connectivity index (χ1v) is 7.87. The van der Waals surface area contributed by atoms with Gasteiger partial charge in [0.1, 0.15) is 5.75 Å². The van der Waals surface area contributed by atoms with Crippen molar-refractivity contribution in [2.75, 3.05) is 0 Å². The van der Waals surface area contributed by atoms with Crippen molar-refractivity contribution in [3.8, 4) is 29.4 Å². The van der Waals surface area contributed by atoms with Crippen molar-refractivity contribution in [2.24, 2.45) is 0 Å². The highest BCUT2D eigenvalue weighted by Crippen LogP contribution is 2.17. The average Bonchev–Trinajstić information content (AvgIpc) is 2.66. The van der Waals surface area contributed by atoms with E-state index in [-0.39, 0.29) is 0 Å². The molecule has 2 aromatic heterocycles. The number of hydrogen-bond acceptors (Lipinski definition) is 4. The summed E-state index contributed by atoms with van der Waals surface area (Å²) >= 11 is 0. The number of benzene rings is 1. The maximum Gasteiger partial charge on any atom is 0.308 e. The molecule has 0 N–H and O–H groups in total. The van der Waals surface area contributed by atoms with Crippen LogP contribution in [-0.4, -0.2) is 15.9 Å². The lowest BCUT2D eigenvalue weighted by molar-refractivity contribution is -0.131. The quantitative estimate of drug-likeness (QED) is 0.388. The van der Waals surface area contributed by atoms with Crippen LogP contribution in [0.4, 0.5) is 0 Å². The number of ether oxygens (including phenoxy) is 1. The Morgan fingerprint density at radius 3 is 1.58 bits per heavy atom. The van der Waals surface area contributed by atoms with Gasteiger partial charge in [0.15, 0.2) is 0 Å². The second-order valence-corrected chi connectivity index (χ2v) is 5.31. The second kappa shape index (κ2) is 8.28. The third-order valence-electron chi connectivity index (χ3n) is 3.23. The molecule has 2 heterocycles. The molecule has 1 aromatic carbocycles. The Kier molecular flexibility index (Phi) is 5.40. The molecule has 3 aromatic rings. The van der Waals surface area contributed by atoms with Crippen LogP contribution < -0.4 is 4.74 Å². The van der Waals surface area contributed by atoms with E-state index in [0.29, 0.717) is 16.9 Å². The largest absolute Gasteiger partial charge is 0.427 e. The summed E-state index contributed by atoms with van der Waals surface area (Å²) in [6.07, 6.45) is 6.74. The molecule has 0 saturated carbocycles. The maximum atomic E-state index is 11.3. The molecule has 0 aliphatic rings. The fraction of sp³-hybridized carbons (Fsp3) is 0.0455. The number of hydrogen-bond donors (Lipinski definition) is 0. The van der Waals surface area contributed by atoms with Crippen molar-refractivity contribution in [2.45, 2.75) is 6.92 Å².